The van der Waals surface area contributed by atoms with Gasteiger partial charge >= 0.3 is 6.18 Å². The molecule has 0 fully saturated rings. The van der Waals surface area contributed by atoms with Crippen molar-refractivity contribution in [2.24, 2.45) is 5.84 Å². The number of alkyl halides is 3. The second-order valence-electron chi connectivity index (χ2n) is 4.09. The summed E-state index contributed by atoms with van der Waals surface area (Å²) < 4.78 is 43.4. The molecule has 5 nitrogen and oxygen atoms in total. The highest BCUT2D eigenvalue weighted by atomic mass is 35.5. The topological polar surface area (TPSA) is 73.1 Å². The molecule has 0 radical (unpaired) electrons. The van der Waals surface area contributed by atoms with E-state index in [0.29, 0.717) is 0 Å². The monoisotopic (exact) mass is 318 g/mol. The van der Waals surface area contributed by atoms with Gasteiger partial charge in [0.05, 0.1) is 5.02 Å². The maximum atomic E-state index is 12.7. The summed E-state index contributed by atoms with van der Waals surface area (Å²) in [7, 11) is 0. The molecule has 0 saturated carbocycles. The summed E-state index contributed by atoms with van der Waals surface area (Å²) in [6, 6.07) is 6.02. The van der Waals surface area contributed by atoms with Crippen LogP contribution in [-0.2, 0) is 6.18 Å². The molecule has 0 saturated heterocycles. The predicted octanol–water partition coefficient (Wildman–Crippen LogP) is 3.54. The van der Waals surface area contributed by atoms with E-state index in [1.54, 1.807) is 25.1 Å². The van der Waals surface area contributed by atoms with Crippen molar-refractivity contribution in [3.63, 3.8) is 0 Å². The lowest BCUT2D eigenvalue weighted by Crippen LogP contribution is -2.16. The molecule has 112 valence electrons. The van der Waals surface area contributed by atoms with Crippen molar-refractivity contribution in [3.05, 3.63) is 40.7 Å². The van der Waals surface area contributed by atoms with Gasteiger partial charge in [-0.3, -0.25) is 0 Å². The molecule has 0 aliphatic heterocycles. The zero-order valence-corrected chi connectivity index (χ0v) is 11.5. The quantitative estimate of drug-likeness (QED) is 0.669. The fraction of sp³-hybridized carbons (Fsp3) is 0.167. The van der Waals surface area contributed by atoms with Crippen LogP contribution >= 0.6 is 11.6 Å². The zero-order chi connectivity index (χ0) is 15.6. The lowest BCUT2D eigenvalue weighted by Gasteiger charge is -2.11. The van der Waals surface area contributed by atoms with Gasteiger partial charge in [-0.1, -0.05) is 17.7 Å². The van der Waals surface area contributed by atoms with Crippen LogP contribution < -0.4 is 16.0 Å². The second-order valence-corrected chi connectivity index (χ2v) is 4.50. The number of nitrogen functional groups attached to an aromatic ring is 1. The largest absolute Gasteiger partial charge is 0.451 e. The summed E-state index contributed by atoms with van der Waals surface area (Å²) >= 11 is 5.92. The van der Waals surface area contributed by atoms with E-state index in [1.165, 1.54) is 0 Å². The summed E-state index contributed by atoms with van der Waals surface area (Å²) in [6.07, 6.45) is -4.72. The third-order valence-electron chi connectivity index (χ3n) is 2.41. The van der Waals surface area contributed by atoms with Crippen molar-refractivity contribution in [1.29, 1.82) is 0 Å². The van der Waals surface area contributed by atoms with Gasteiger partial charge in [-0.15, -0.1) is 0 Å². The van der Waals surface area contributed by atoms with E-state index in [1.807, 2.05) is 5.43 Å². The fourth-order valence-electron chi connectivity index (χ4n) is 1.48. The van der Waals surface area contributed by atoms with Crippen LogP contribution in [0.15, 0.2) is 24.3 Å². The molecule has 0 bridgehead atoms. The minimum Gasteiger partial charge on any atom is -0.437 e. The number of nitrogens with zero attached hydrogens (tertiary/aromatic N) is 2. The van der Waals surface area contributed by atoms with Crippen molar-refractivity contribution in [2.45, 2.75) is 13.1 Å². The number of rotatable bonds is 3. The number of hydrazine groups is 1. The van der Waals surface area contributed by atoms with Crippen LogP contribution in [0.5, 0.6) is 11.6 Å². The molecule has 1 aromatic carbocycles. The van der Waals surface area contributed by atoms with Gasteiger partial charge < -0.3 is 10.2 Å². The van der Waals surface area contributed by atoms with Crippen LogP contribution in [0.2, 0.25) is 5.02 Å². The fourth-order valence-corrected chi connectivity index (χ4v) is 1.64. The van der Waals surface area contributed by atoms with Gasteiger partial charge in [-0.2, -0.15) is 18.2 Å². The Hall–Kier alpha value is -2.06. The lowest BCUT2D eigenvalue weighted by atomic mass is 10.2. The minimum absolute atomic E-state index is 0.187. The van der Waals surface area contributed by atoms with Crippen LogP contribution in [0.4, 0.5) is 19.0 Å². The Morgan fingerprint density at radius 1 is 1.24 bits per heavy atom. The Bertz CT molecular complexity index is 663. The number of aromatic nitrogens is 2. The Morgan fingerprint density at radius 2 is 1.95 bits per heavy atom. The highest BCUT2D eigenvalue weighted by Gasteiger charge is 2.35. The molecule has 0 atom stereocenters. The third-order valence-corrected chi connectivity index (χ3v) is 2.72. The Morgan fingerprint density at radius 3 is 2.57 bits per heavy atom. The van der Waals surface area contributed by atoms with Crippen LogP contribution in [0.1, 0.15) is 11.4 Å². The number of aryl methyl sites for hydroxylation is 1. The maximum Gasteiger partial charge on any atom is 0.451 e. The Labute approximate surface area is 122 Å². The van der Waals surface area contributed by atoms with Crippen molar-refractivity contribution < 1.29 is 17.9 Å². The highest BCUT2D eigenvalue weighted by molar-refractivity contribution is 6.32. The summed E-state index contributed by atoms with van der Waals surface area (Å²) in [5, 5.41) is 0.245. The van der Waals surface area contributed by atoms with Crippen molar-refractivity contribution in [1.82, 2.24) is 9.97 Å². The van der Waals surface area contributed by atoms with E-state index >= 15 is 0 Å². The number of hydrogen-bond donors (Lipinski definition) is 2. The molecule has 0 unspecified atom stereocenters. The van der Waals surface area contributed by atoms with E-state index in [-0.39, 0.29) is 22.5 Å². The van der Waals surface area contributed by atoms with Crippen molar-refractivity contribution >= 4 is 17.4 Å². The molecule has 1 aromatic heterocycles. The molecular weight excluding hydrogens is 309 g/mol. The first-order valence-corrected chi connectivity index (χ1v) is 6.04. The summed E-state index contributed by atoms with van der Waals surface area (Å²) in [5.41, 5.74) is 2.86. The Kier molecular flexibility index (Phi) is 4.19. The average Bonchev–Trinajstić information content (AvgIpc) is 2.41. The molecule has 21 heavy (non-hydrogen) atoms. The lowest BCUT2D eigenvalue weighted by molar-refractivity contribution is -0.145. The smallest absolute Gasteiger partial charge is 0.437 e. The summed E-state index contributed by atoms with van der Waals surface area (Å²) in [5.74, 6) is 3.36. The van der Waals surface area contributed by atoms with E-state index < -0.39 is 12.0 Å². The van der Waals surface area contributed by atoms with Crippen molar-refractivity contribution in [3.8, 4) is 11.6 Å². The molecule has 0 amide bonds. The van der Waals surface area contributed by atoms with Gasteiger partial charge in [0.15, 0.2) is 0 Å². The molecule has 0 spiro atoms. The number of nitrogens with two attached hydrogens (primary N) is 1. The number of halogens is 4. The average molecular weight is 319 g/mol. The van der Waals surface area contributed by atoms with Crippen LogP contribution in [0.25, 0.3) is 0 Å². The second kappa shape index (κ2) is 5.74. The first-order valence-electron chi connectivity index (χ1n) is 5.66. The van der Waals surface area contributed by atoms with Gasteiger partial charge in [0.1, 0.15) is 11.6 Å². The highest BCUT2D eigenvalue weighted by Crippen LogP contribution is 2.33. The number of benzene rings is 1. The molecule has 0 aliphatic carbocycles. The van der Waals surface area contributed by atoms with E-state index in [2.05, 4.69) is 9.97 Å². The molecule has 3 N–H and O–H groups in total. The predicted molar refractivity (Wildman–Crippen MR) is 71.1 cm³/mol. The van der Waals surface area contributed by atoms with Gasteiger partial charge in [-0.25, -0.2) is 10.8 Å². The number of nitrogens with one attached hydrogen (secondary N) is 1. The molecule has 0 aliphatic rings. The van der Waals surface area contributed by atoms with Gasteiger partial charge in [0.2, 0.25) is 11.7 Å². The zero-order valence-electron chi connectivity index (χ0n) is 10.7. The van der Waals surface area contributed by atoms with Crippen molar-refractivity contribution in [2.75, 3.05) is 5.43 Å². The minimum atomic E-state index is -4.72. The van der Waals surface area contributed by atoms with Gasteiger partial charge in [0, 0.05) is 6.07 Å². The third kappa shape index (κ3) is 3.73. The van der Waals surface area contributed by atoms with E-state index in [0.717, 1.165) is 11.6 Å². The van der Waals surface area contributed by atoms with Crippen LogP contribution in [-0.4, -0.2) is 9.97 Å². The molecule has 2 aromatic rings. The first-order chi connectivity index (χ1) is 9.79. The number of hydrogen-bond acceptors (Lipinski definition) is 5. The van der Waals surface area contributed by atoms with Crippen LogP contribution in [0.3, 0.4) is 0 Å². The number of anilines is 1. The first kappa shape index (κ1) is 15.3. The standard InChI is InChI=1S/C12H10ClF3N4O/c1-6-2-3-7(13)8(4-6)21-10-5-9(20-17)18-11(19-10)12(14,15)16/h2-5H,17H2,1H3,(H,18,19,20). The normalized spacial score (nSPS) is 11.3. The van der Waals surface area contributed by atoms with E-state index in [4.69, 9.17) is 22.2 Å². The SMILES string of the molecule is Cc1ccc(Cl)c(Oc2cc(NN)nc(C(F)(F)F)n2)c1. The Balaban J connectivity index is 2.42. The summed E-state index contributed by atoms with van der Waals surface area (Å²) in [4.78, 5) is 6.53. The molecule has 9 heteroatoms. The summed E-state index contributed by atoms with van der Waals surface area (Å²) in [6.45, 7) is 1.79. The molecule has 1 heterocycles. The number of ether oxygens (including phenoxy) is 1. The van der Waals surface area contributed by atoms with Crippen LogP contribution in [0, 0.1) is 6.92 Å². The van der Waals surface area contributed by atoms with Gasteiger partial charge in [-0.05, 0) is 24.6 Å². The van der Waals surface area contributed by atoms with E-state index in [9.17, 15) is 13.2 Å². The van der Waals surface area contributed by atoms with Gasteiger partial charge in [0.25, 0.3) is 0 Å². The maximum absolute atomic E-state index is 12.7. The molecule has 2 rings (SSSR count). The molecular formula is C12H10ClF3N4O.